The van der Waals surface area contributed by atoms with Gasteiger partial charge in [-0.3, -0.25) is 10.1 Å². The summed E-state index contributed by atoms with van der Waals surface area (Å²) in [5.74, 6) is 0.384. The molecule has 3 aromatic carbocycles. The maximum atomic E-state index is 12.4. The molecule has 3 aromatic rings. The lowest BCUT2D eigenvalue weighted by atomic mass is 10.1. The quantitative estimate of drug-likeness (QED) is 0.100. The van der Waals surface area contributed by atoms with Crippen LogP contribution in [0.25, 0.3) is 6.08 Å². The van der Waals surface area contributed by atoms with Crippen molar-refractivity contribution >= 4 is 57.8 Å². The minimum absolute atomic E-state index is 0.0211. The number of aliphatic imine (C=N–C) groups is 1. The van der Waals surface area contributed by atoms with Gasteiger partial charge in [-0.2, -0.15) is 0 Å². The third-order valence-electron chi connectivity index (χ3n) is 4.92. The second-order valence-corrected chi connectivity index (χ2v) is 8.85. The fraction of sp³-hybridized carbons (Fsp3) is 0.120. The van der Waals surface area contributed by atoms with Crippen molar-refractivity contribution in [3.8, 4) is 11.5 Å². The van der Waals surface area contributed by atoms with E-state index in [1.54, 1.807) is 24.3 Å². The molecule has 8 nitrogen and oxygen atoms in total. The van der Waals surface area contributed by atoms with Crippen molar-refractivity contribution in [3.63, 3.8) is 0 Å². The van der Waals surface area contributed by atoms with Gasteiger partial charge in [0.1, 0.15) is 11.6 Å². The fourth-order valence-electron chi connectivity index (χ4n) is 3.25. The molecule has 4 rings (SSSR count). The Morgan fingerprint density at radius 2 is 1.91 bits per heavy atom. The standard InChI is InChI=1S/C25H18ClIN2O6/c1-2-33-23-12-15(7-10-22(23)34-14-17-5-3-4-6-19(17)27)11-20-25(30)35-24(28-20)16-8-9-18(26)21(13-16)29(31)32/h3-13H,2,14H2,1H3/b20-11-. The van der Waals surface area contributed by atoms with Crippen LogP contribution in [-0.4, -0.2) is 23.4 Å². The lowest BCUT2D eigenvalue weighted by molar-refractivity contribution is -0.384. The Morgan fingerprint density at radius 1 is 1.11 bits per heavy atom. The highest BCUT2D eigenvalue weighted by atomic mass is 127. The highest BCUT2D eigenvalue weighted by molar-refractivity contribution is 14.1. The molecule has 35 heavy (non-hydrogen) atoms. The average Bonchev–Trinajstić information content (AvgIpc) is 3.20. The molecule has 0 amide bonds. The van der Waals surface area contributed by atoms with Gasteiger partial charge in [0, 0.05) is 20.8 Å². The number of rotatable bonds is 8. The average molecular weight is 605 g/mol. The van der Waals surface area contributed by atoms with E-state index in [1.807, 2.05) is 31.2 Å². The molecule has 0 aromatic heterocycles. The predicted octanol–water partition coefficient (Wildman–Crippen LogP) is 6.18. The van der Waals surface area contributed by atoms with Crippen molar-refractivity contribution in [3.05, 3.63) is 102 Å². The van der Waals surface area contributed by atoms with E-state index in [4.69, 9.17) is 25.8 Å². The van der Waals surface area contributed by atoms with Gasteiger partial charge < -0.3 is 14.2 Å². The van der Waals surface area contributed by atoms with Crippen LogP contribution < -0.4 is 9.47 Å². The number of benzene rings is 3. The Morgan fingerprint density at radius 3 is 2.66 bits per heavy atom. The van der Waals surface area contributed by atoms with E-state index >= 15 is 0 Å². The highest BCUT2D eigenvalue weighted by Crippen LogP contribution is 2.32. The van der Waals surface area contributed by atoms with Crippen molar-refractivity contribution in [2.75, 3.05) is 6.61 Å². The molecule has 10 heteroatoms. The van der Waals surface area contributed by atoms with Gasteiger partial charge in [-0.1, -0.05) is 35.9 Å². The van der Waals surface area contributed by atoms with Crippen LogP contribution >= 0.6 is 34.2 Å². The SMILES string of the molecule is CCOc1cc(/C=C2\N=C(c3ccc(Cl)c([N+](=O)[O-])c3)OC2=O)ccc1OCc1ccccc1I. The number of nitro benzene ring substituents is 1. The highest BCUT2D eigenvalue weighted by Gasteiger charge is 2.26. The second-order valence-electron chi connectivity index (χ2n) is 7.28. The van der Waals surface area contributed by atoms with E-state index in [1.165, 1.54) is 18.2 Å². The monoisotopic (exact) mass is 604 g/mol. The zero-order chi connectivity index (χ0) is 24.9. The topological polar surface area (TPSA) is 100 Å². The van der Waals surface area contributed by atoms with Crippen molar-refractivity contribution in [2.45, 2.75) is 13.5 Å². The molecule has 0 unspecified atom stereocenters. The number of carbonyl (C=O) groups is 1. The lowest BCUT2D eigenvalue weighted by Crippen LogP contribution is -2.06. The number of hydrogen-bond acceptors (Lipinski definition) is 7. The van der Waals surface area contributed by atoms with Crippen molar-refractivity contribution in [1.82, 2.24) is 0 Å². The Bertz CT molecular complexity index is 1370. The number of nitrogens with zero attached hydrogens (tertiary/aromatic N) is 2. The summed E-state index contributed by atoms with van der Waals surface area (Å²) in [4.78, 5) is 27.2. The van der Waals surface area contributed by atoms with Gasteiger partial charge in [0.25, 0.3) is 5.69 Å². The van der Waals surface area contributed by atoms with Gasteiger partial charge in [-0.25, -0.2) is 9.79 Å². The van der Waals surface area contributed by atoms with Crippen LogP contribution in [0.5, 0.6) is 11.5 Å². The van der Waals surface area contributed by atoms with Gasteiger partial charge in [-0.05, 0) is 71.5 Å². The molecule has 0 atom stereocenters. The molecule has 0 saturated carbocycles. The molecule has 178 valence electrons. The molecule has 0 spiro atoms. The van der Waals surface area contributed by atoms with E-state index in [0.717, 1.165) is 9.13 Å². The summed E-state index contributed by atoms with van der Waals surface area (Å²) in [6, 6.07) is 17.3. The summed E-state index contributed by atoms with van der Waals surface area (Å²) in [7, 11) is 0. The summed E-state index contributed by atoms with van der Waals surface area (Å²) >= 11 is 8.12. The van der Waals surface area contributed by atoms with Gasteiger partial charge in [0.05, 0.1) is 11.5 Å². The predicted molar refractivity (Wildman–Crippen MR) is 140 cm³/mol. The Labute approximate surface area is 219 Å². The fourth-order valence-corrected chi connectivity index (χ4v) is 3.98. The van der Waals surface area contributed by atoms with E-state index in [-0.39, 0.29) is 27.9 Å². The van der Waals surface area contributed by atoms with E-state index in [2.05, 4.69) is 27.6 Å². The number of halogens is 2. The van der Waals surface area contributed by atoms with E-state index in [0.29, 0.717) is 30.3 Å². The van der Waals surface area contributed by atoms with Crippen LogP contribution in [0.3, 0.4) is 0 Å². The Kier molecular flexibility index (Phi) is 7.67. The largest absolute Gasteiger partial charge is 0.490 e. The molecule has 1 aliphatic rings. The molecule has 0 bridgehead atoms. The Balaban J connectivity index is 1.59. The summed E-state index contributed by atoms with van der Waals surface area (Å²) in [5.41, 5.74) is 1.72. The normalized spacial score (nSPS) is 14.0. The first-order chi connectivity index (χ1) is 16.9. The van der Waals surface area contributed by atoms with Crippen LogP contribution in [0.2, 0.25) is 5.02 Å². The van der Waals surface area contributed by atoms with Crippen LogP contribution in [0.1, 0.15) is 23.6 Å². The summed E-state index contributed by atoms with van der Waals surface area (Å²) in [6.07, 6.45) is 1.55. The number of nitro groups is 1. The summed E-state index contributed by atoms with van der Waals surface area (Å²) < 4.78 is 18.1. The van der Waals surface area contributed by atoms with Gasteiger partial charge in [0.15, 0.2) is 17.2 Å². The van der Waals surface area contributed by atoms with Gasteiger partial charge in [-0.15, -0.1) is 0 Å². The van der Waals surface area contributed by atoms with Gasteiger partial charge in [0.2, 0.25) is 5.90 Å². The molecular weight excluding hydrogens is 587 g/mol. The smallest absolute Gasteiger partial charge is 0.363 e. The molecule has 0 aliphatic carbocycles. The number of esters is 1. The van der Waals surface area contributed by atoms with Crippen LogP contribution in [0.15, 0.2) is 71.4 Å². The van der Waals surface area contributed by atoms with Crippen molar-refractivity contribution in [1.29, 1.82) is 0 Å². The zero-order valence-corrected chi connectivity index (χ0v) is 21.3. The minimum Gasteiger partial charge on any atom is -0.490 e. The summed E-state index contributed by atoms with van der Waals surface area (Å²) in [6.45, 7) is 2.68. The summed E-state index contributed by atoms with van der Waals surface area (Å²) in [5, 5.41) is 11.1. The third-order valence-corrected chi connectivity index (χ3v) is 6.29. The van der Waals surface area contributed by atoms with Crippen LogP contribution in [0.4, 0.5) is 5.69 Å². The first kappa shape index (κ1) is 24.7. The van der Waals surface area contributed by atoms with Crippen LogP contribution in [-0.2, 0) is 16.1 Å². The second kappa shape index (κ2) is 10.9. The number of ether oxygens (including phenoxy) is 3. The lowest BCUT2D eigenvalue weighted by Gasteiger charge is -2.13. The first-order valence-corrected chi connectivity index (χ1v) is 11.9. The van der Waals surface area contributed by atoms with Gasteiger partial charge >= 0.3 is 5.97 Å². The zero-order valence-electron chi connectivity index (χ0n) is 18.4. The van der Waals surface area contributed by atoms with Crippen molar-refractivity contribution < 1.29 is 23.9 Å². The third kappa shape index (κ3) is 5.80. The minimum atomic E-state index is -0.672. The van der Waals surface area contributed by atoms with E-state index in [9.17, 15) is 14.9 Å². The molecule has 0 radical (unpaired) electrons. The van der Waals surface area contributed by atoms with Crippen LogP contribution in [0, 0.1) is 13.7 Å². The maximum Gasteiger partial charge on any atom is 0.363 e. The molecule has 1 heterocycles. The molecular formula is C25H18ClIN2O6. The molecule has 1 aliphatic heterocycles. The van der Waals surface area contributed by atoms with Crippen molar-refractivity contribution in [2.24, 2.45) is 4.99 Å². The molecule has 0 fully saturated rings. The number of hydrogen-bond donors (Lipinski definition) is 0. The molecule has 0 N–H and O–H groups in total. The number of carbonyl (C=O) groups excluding carboxylic acids is 1. The molecule has 0 saturated heterocycles. The first-order valence-electron chi connectivity index (χ1n) is 10.5. The number of cyclic esters (lactones) is 1. The Hall–Kier alpha value is -3.44. The van der Waals surface area contributed by atoms with E-state index < -0.39 is 10.9 Å². The maximum absolute atomic E-state index is 12.4.